The predicted octanol–water partition coefficient (Wildman–Crippen LogP) is 0.860. The van der Waals surface area contributed by atoms with Crippen LogP contribution in [0.2, 0.25) is 0 Å². The van der Waals surface area contributed by atoms with Crippen molar-refractivity contribution in [3.05, 3.63) is 17.9 Å². The highest BCUT2D eigenvalue weighted by atomic mass is 35.5. The monoisotopic (exact) mass is 115 g/mol. The van der Waals surface area contributed by atoms with Crippen molar-refractivity contribution in [1.29, 1.82) is 0 Å². The van der Waals surface area contributed by atoms with Gasteiger partial charge >= 0.3 is 0 Å². The molecule has 1 heterocycles. The summed E-state index contributed by atoms with van der Waals surface area (Å²) in [7, 11) is 0. The van der Waals surface area contributed by atoms with Crippen LogP contribution in [-0.4, -0.2) is 6.21 Å². The third kappa shape index (κ3) is 1.20. The molecule has 7 heavy (non-hydrogen) atoms. The van der Waals surface area contributed by atoms with Crippen molar-refractivity contribution in [2.24, 2.45) is 4.99 Å². The van der Waals surface area contributed by atoms with Gasteiger partial charge in [-0.05, 0) is 0 Å². The van der Waals surface area contributed by atoms with E-state index in [2.05, 4.69) is 10.3 Å². The van der Waals surface area contributed by atoms with E-state index in [1.165, 1.54) is 0 Å². The fourth-order valence-electron chi connectivity index (χ4n) is 0.306. The van der Waals surface area contributed by atoms with Crippen LogP contribution in [0.4, 0.5) is 0 Å². The molecule has 3 heteroatoms. The smallest absolute Gasteiger partial charge is 0.190 e. The van der Waals surface area contributed by atoms with E-state index in [1.807, 2.05) is 0 Å². The summed E-state index contributed by atoms with van der Waals surface area (Å²) >= 11 is 5.42. The molecule has 0 bridgehead atoms. The highest BCUT2D eigenvalue weighted by molar-refractivity contribution is 6.35. The summed E-state index contributed by atoms with van der Waals surface area (Å²) in [4.78, 5) is 3.72. The Hall–Kier alpha value is -0.500. The number of hydrogen-bond acceptors (Lipinski definition) is 2. The van der Waals surface area contributed by atoms with E-state index in [-0.39, 0.29) is 0 Å². The highest BCUT2D eigenvalue weighted by Gasteiger charge is 1.97. The Bertz CT molecular complexity index is 108. The SMILES string of the molecule is Cl[C]1C=NC=CN1. The zero-order valence-corrected chi connectivity index (χ0v) is 4.31. The van der Waals surface area contributed by atoms with Gasteiger partial charge in [0.1, 0.15) is 0 Å². The van der Waals surface area contributed by atoms with Gasteiger partial charge in [0.2, 0.25) is 0 Å². The number of nitrogens with zero attached hydrogens (tertiary/aromatic N) is 1. The van der Waals surface area contributed by atoms with Crippen LogP contribution in [0.5, 0.6) is 0 Å². The first-order chi connectivity index (χ1) is 3.39. The van der Waals surface area contributed by atoms with E-state index in [0.717, 1.165) is 0 Å². The van der Waals surface area contributed by atoms with E-state index in [0.29, 0.717) is 5.50 Å². The van der Waals surface area contributed by atoms with Gasteiger partial charge < -0.3 is 5.32 Å². The van der Waals surface area contributed by atoms with E-state index >= 15 is 0 Å². The minimum atomic E-state index is 0.558. The van der Waals surface area contributed by atoms with Gasteiger partial charge in [-0.3, -0.25) is 4.99 Å². The quantitative estimate of drug-likeness (QED) is 0.466. The number of rotatable bonds is 0. The predicted molar refractivity (Wildman–Crippen MR) is 29.9 cm³/mol. The van der Waals surface area contributed by atoms with Crippen LogP contribution in [0.3, 0.4) is 0 Å². The topological polar surface area (TPSA) is 24.4 Å². The lowest BCUT2D eigenvalue weighted by atomic mass is 10.6. The van der Waals surface area contributed by atoms with Crippen LogP contribution in [0.15, 0.2) is 17.4 Å². The molecule has 0 aromatic rings. The lowest BCUT2D eigenvalue weighted by Crippen LogP contribution is -2.11. The number of nitrogens with one attached hydrogen (secondary N) is 1. The van der Waals surface area contributed by atoms with Gasteiger partial charge in [-0.2, -0.15) is 0 Å². The van der Waals surface area contributed by atoms with Crippen molar-refractivity contribution in [3.63, 3.8) is 0 Å². The molecule has 0 aliphatic carbocycles. The molecule has 0 atom stereocenters. The van der Waals surface area contributed by atoms with E-state index in [1.54, 1.807) is 18.6 Å². The second-order valence-electron chi connectivity index (χ2n) is 1.09. The zero-order valence-electron chi connectivity index (χ0n) is 3.56. The van der Waals surface area contributed by atoms with E-state index in [4.69, 9.17) is 11.6 Å². The van der Waals surface area contributed by atoms with Crippen molar-refractivity contribution in [2.45, 2.75) is 0 Å². The summed E-state index contributed by atoms with van der Waals surface area (Å²) in [6, 6.07) is 0. The summed E-state index contributed by atoms with van der Waals surface area (Å²) in [5, 5.41) is 2.73. The minimum Gasteiger partial charge on any atom is -0.364 e. The molecule has 0 saturated carbocycles. The lowest BCUT2D eigenvalue weighted by molar-refractivity contribution is 1.07. The van der Waals surface area contributed by atoms with Gasteiger partial charge in [-0.15, -0.1) is 0 Å². The van der Waals surface area contributed by atoms with E-state index < -0.39 is 0 Å². The Morgan fingerprint density at radius 2 is 2.57 bits per heavy atom. The van der Waals surface area contributed by atoms with Gasteiger partial charge in [0, 0.05) is 18.6 Å². The molecule has 1 radical (unpaired) electrons. The molecule has 0 aromatic heterocycles. The molecule has 0 aromatic carbocycles. The zero-order chi connectivity index (χ0) is 5.11. The Morgan fingerprint density at radius 1 is 1.71 bits per heavy atom. The molecule has 1 aliphatic rings. The van der Waals surface area contributed by atoms with Gasteiger partial charge in [0.15, 0.2) is 5.50 Å². The van der Waals surface area contributed by atoms with Gasteiger partial charge in [0.25, 0.3) is 0 Å². The van der Waals surface area contributed by atoms with Crippen molar-refractivity contribution in [1.82, 2.24) is 5.32 Å². The molecule has 0 spiro atoms. The van der Waals surface area contributed by atoms with Crippen LogP contribution < -0.4 is 5.32 Å². The maximum atomic E-state index is 5.42. The lowest BCUT2D eigenvalue weighted by Gasteiger charge is -2.01. The largest absolute Gasteiger partial charge is 0.364 e. The van der Waals surface area contributed by atoms with Crippen molar-refractivity contribution in [2.75, 3.05) is 0 Å². The minimum absolute atomic E-state index is 0.558. The van der Waals surface area contributed by atoms with Crippen molar-refractivity contribution in [3.8, 4) is 0 Å². The first-order valence-corrected chi connectivity index (χ1v) is 2.24. The third-order valence-corrected chi connectivity index (χ3v) is 0.776. The van der Waals surface area contributed by atoms with Crippen LogP contribution in [0.25, 0.3) is 0 Å². The van der Waals surface area contributed by atoms with Crippen LogP contribution in [0.1, 0.15) is 0 Å². The number of aliphatic imine (C=N–C) groups is 1. The average molecular weight is 116 g/mol. The molecular formula is C4H4ClN2. The van der Waals surface area contributed by atoms with Crippen LogP contribution in [-0.2, 0) is 0 Å². The Kier molecular flexibility index (Phi) is 1.32. The molecule has 2 nitrogen and oxygen atoms in total. The second kappa shape index (κ2) is 1.98. The molecule has 0 fully saturated rings. The molecule has 0 unspecified atom stereocenters. The first-order valence-electron chi connectivity index (χ1n) is 1.87. The summed E-state index contributed by atoms with van der Waals surface area (Å²) < 4.78 is 0. The molecular weight excluding hydrogens is 112 g/mol. The summed E-state index contributed by atoms with van der Waals surface area (Å²) in [5.74, 6) is 0. The normalized spacial score (nSPS) is 19.6. The molecule has 37 valence electrons. The maximum absolute atomic E-state index is 5.42. The van der Waals surface area contributed by atoms with Crippen LogP contribution >= 0.6 is 11.6 Å². The van der Waals surface area contributed by atoms with Gasteiger partial charge in [-0.1, -0.05) is 11.6 Å². The molecule has 0 amide bonds. The number of halogens is 1. The molecule has 1 N–H and O–H groups in total. The maximum Gasteiger partial charge on any atom is 0.190 e. The fourth-order valence-corrected chi connectivity index (χ4v) is 0.425. The van der Waals surface area contributed by atoms with Gasteiger partial charge in [-0.25, -0.2) is 0 Å². The summed E-state index contributed by atoms with van der Waals surface area (Å²) in [5.41, 5.74) is 0.558. The highest BCUT2D eigenvalue weighted by Crippen LogP contribution is 1.99. The van der Waals surface area contributed by atoms with Crippen molar-refractivity contribution >= 4 is 17.8 Å². The van der Waals surface area contributed by atoms with Gasteiger partial charge in [0.05, 0.1) is 0 Å². The van der Waals surface area contributed by atoms with Crippen LogP contribution in [0, 0.1) is 5.50 Å². The van der Waals surface area contributed by atoms with Crippen molar-refractivity contribution < 1.29 is 0 Å². The second-order valence-corrected chi connectivity index (χ2v) is 1.49. The standard InChI is InChI=1S/C4H4ClN2/c5-4-3-6-1-2-7-4/h1-3,7H. The number of hydrogen-bond donors (Lipinski definition) is 1. The summed E-state index contributed by atoms with van der Waals surface area (Å²) in [6.45, 7) is 0. The Balaban J connectivity index is 2.49. The first kappa shape index (κ1) is 4.65. The van der Waals surface area contributed by atoms with E-state index in [9.17, 15) is 0 Å². The fraction of sp³-hybridized carbons (Fsp3) is 0. The summed E-state index contributed by atoms with van der Waals surface area (Å²) in [6.07, 6.45) is 4.84. The molecule has 1 aliphatic heterocycles. The average Bonchev–Trinajstić information content (AvgIpc) is 1.69. The Labute approximate surface area is 46.9 Å². The molecule has 1 rings (SSSR count). The Morgan fingerprint density at radius 3 is 2.86 bits per heavy atom. The third-order valence-electron chi connectivity index (χ3n) is 0.570. The molecule has 0 saturated heterocycles.